The summed E-state index contributed by atoms with van der Waals surface area (Å²) in [5, 5.41) is 2.93. The molecule has 0 radical (unpaired) electrons. The van der Waals surface area contributed by atoms with Gasteiger partial charge >= 0.3 is 0 Å². The minimum absolute atomic E-state index is 0.0140. The molecule has 2 amide bonds. The molecule has 3 aliphatic rings. The van der Waals surface area contributed by atoms with Crippen LogP contribution >= 0.6 is 0 Å². The van der Waals surface area contributed by atoms with Crippen LogP contribution in [-0.4, -0.2) is 35.8 Å². The fourth-order valence-corrected chi connectivity index (χ4v) is 3.58. The van der Waals surface area contributed by atoms with Crippen molar-refractivity contribution in [3.63, 3.8) is 0 Å². The second-order valence-electron chi connectivity index (χ2n) is 8.24. The van der Waals surface area contributed by atoms with E-state index in [1.54, 1.807) is 0 Å². The van der Waals surface area contributed by atoms with Gasteiger partial charge in [-0.1, -0.05) is 20.8 Å². The Balaban J connectivity index is 1.73. The van der Waals surface area contributed by atoms with Crippen LogP contribution in [0, 0.1) is 23.2 Å². The highest BCUT2D eigenvalue weighted by atomic mass is 16.2. The molecule has 0 aromatic heterocycles. The van der Waals surface area contributed by atoms with Gasteiger partial charge in [0.05, 0.1) is 0 Å². The molecule has 1 heterocycles. The molecule has 118 valence electrons. The molecule has 1 N–H and O–H groups in total. The van der Waals surface area contributed by atoms with Crippen molar-refractivity contribution in [3.05, 3.63) is 0 Å². The van der Waals surface area contributed by atoms with Gasteiger partial charge in [0.25, 0.3) is 0 Å². The van der Waals surface area contributed by atoms with Crippen molar-refractivity contribution in [2.45, 2.75) is 58.9 Å². The lowest BCUT2D eigenvalue weighted by molar-refractivity contribution is -0.137. The van der Waals surface area contributed by atoms with Crippen LogP contribution in [-0.2, 0) is 9.59 Å². The third-order valence-electron chi connectivity index (χ3n) is 5.22. The Labute approximate surface area is 127 Å². The zero-order chi connectivity index (χ0) is 15.2. The zero-order valence-electron chi connectivity index (χ0n) is 13.5. The van der Waals surface area contributed by atoms with Gasteiger partial charge < -0.3 is 10.2 Å². The molecule has 1 saturated heterocycles. The fourth-order valence-electron chi connectivity index (χ4n) is 3.58. The highest BCUT2D eigenvalue weighted by Crippen LogP contribution is 2.49. The summed E-state index contributed by atoms with van der Waals surface area (Å²) in [5.41, 5.74) is -0.232. The summed E-state index contributed by atoms with van der Waals surface area (Å²) in [4.78, 5) is 26.8. The number of rotatable bonds is 4. The van der Waals surface area contributed by atoms with Crippen molar-refractivity contribution in [2.75, 3.05) is 13.1 Å². The first kappa shape index (κ1) is 14.9. The molecule has 1 aliphatic heterocycles. The van der Waals surface area contributed by atoms with E-state index in [2.05, 4.69) is 5.32 Å². The van der Waals surface area contributed by atoms with Crippen molar-refractivity contribution in [3.8, 4) is 0 Å². The number of carbonyl (C=O) groups excluding carboxylic acids is 2. The van der Waals surface area contributed by atoms with Gasteiger partial charge in [-0.05, 0) is 48.9 Å². The molecule has 3 rings (SSSR count). The van der Waals surface area contributed by atoms with Crippen LogP contribution in [0.1, 0.15) is 52.9 Å². The normalized spacial score (nSPS) is 27.8. The predicted molar refractivity (Wildman–Crippen MR) is 81.5 cm³/mol. The van der Waals surface area contributed by atoms with E-state index >= 15 is 0 Å². The van der Waals surface area contributed by atoms with Crippen LogP contribution in [0.5, 0.6) is 0 Å². The first-order valence-electron chi connectivity index (χ1n) is 8.44. The summed E-state index contributed by atoms with van der Waals surface area (Å²) < 4.78 is 0. The van der Waals surface area contributed by atoms with Crippen molar-refractivity contribution in [1.82, 2.24) is 10.2 Å². The largest absolute Gasteiger partial charge is 0.344 e. The SMILES string of the molecule is CC(C)(C)C1NC(=O)CCN(CC(C2CC2)C2CC2)C1=O. The van der Waals surface area contributed by atoms with E-state index in [1.165, 1.54) is 25.7 Å². The van der Waals surface area contributed by atoms with Crippen LogP contribution in [0.2, 0.25) is 0 Å². The highest BCUT2D eigenvalue weighted by molar-refractivity contribution is 5.90. The van der Waals surface area contributed by atoms with Gasteiger partial charge in [0.1, 0.15) is 6.04 Å². The van der Waals surface area contributed by atoms with E-state index in [9.17, 15) is 9.59 Å². The molecule has 0 bridgehead atoms. The van der Waals surface area contributed by atoms with E-state index in [1.807, 2.05) is 25.7 Å². The van der Waals surface area contributed by atoms with Gasteiger partial charge in [0.2, 0.25) is 11.8 Å². The number of hydrogen-bond donors (Lipinski definition) is 1. The summed E-state index contributed by atoms with van der Waals surface area (Å²) >= 11 is 0. The minimum atomic E-state index is -0.383. The molecule has 0 aromatic carbocycles. The molecule has 2 saturated carbocycles. The average molecular weight is 292 g/mol. The topological polar surface area (TPSA) is 49.4 Å². The number of hydrogen-bond acceptors (Lipinski definition) is 2. The zero-order valence-corrected chi connectivity index (χ0v) is 13.5. The summed E-state index contributed by atoms with van der Waals surface area (Å²) in [6, 6.07) is -0.383. The Hall–Kier alpha value is -1.06. The maximum absolute atomic E-state index is 12.9. The van der Waals surface area contributed by atoms with Crippen molar-refractivity contribution in [2.24, 2.45) is 23.2 Å². The van der Waals surface area contributed by atoms with Gasteiger partial charge in [-0.15, -0.1) is 0 Å². The summed E-state index contributed by atoms with van der Waals surface area (Å²) in [6.45, 7) is 7.54. The van der Waals surface area contributed by atoms with Gasteiger partial charge in [-0.2, -0.15) is 0 Å². The number of nitrogens with zero attached hydrogens (tertiary/aromatic N) is 1. The first-order valence-corrected chi connectivity index (χ1v) is 8.44. The molecule has 3 fully saturated rings. The summed E-state index contributed by atoms with van der Waals surface area (Å²) in [6.07, 6.45) is 5.79. The van der Waals surface area contributed by atoms with E-state index in [-0.39, 0.29) is 23.3 Å². The molecular weight excluding hydrogens is 264 g/mol. The van der Waals surface area contributed by atoms with Crippen LogP contribution in [0.25, 0.3) is 0 Å². The summed E-state index contributed by atoms with van der Waals surface area (Å²) in [5.74, 6) is 2.50. The van der Waals surface area contributed by atoms with Crippen molar-refractivity contribution in [1.29, 1.82) is 0 Å². The quantitative estimate of drug-likeness (QED) is 0.863. The second kappa shape index (κ2) is 5.29. The molecule has 21 heavy (non-hydrogen) atoms. The Morgan fingerprint density at radius 1 is 1.14 bits per heavy atom. The molecule has 4 nitrogen and oxygen atoms in total. The van der Waals surface area contributed by atoms with Gasteiger partial charge in [0.15, 0.2) is 0 Å². The van der Waals surface area contributed by atoms with Crippen LogP contribution in [0.3, 0.4) is 0 Å². The number of amides is 2. The fraction of sp³-hybridized carbons (Fsp3) is 0.882. The van der Waals surface area contributed by atoms with E-state index in [0.29, 0.717) is 18.9 Å². The molecule has 0 spiro atoms. The standard InChI is InChI=1S/C17H28N2O2/c1-17(2,3)15-16(21)19(9-8-14(20)18-15)10-13(11-4-5-11)12-6-7-12/h11-13,15H,4-10H2,1-3H3,(H,18,20). The third kappa shape index (κ3) is 3.41. The second-order valence-corrected chi connectivity index (χ2v) is 8.24. The van der Waals surface area contributed by atoms with Gasteiger partial charge in [-0.25, -0.2) is 0 Å². The van der Waals surface area contributed by atoms with Gasteiger partial charge in [-0.3, -0.25) is 9.59 Å². The van der Waals surface area contributed by atoms with E-state index < -0.39 is 0 Å². The van der Waals surface area contributed by atoms with E-state index in [4.69, 9.17) is 0 Å². The molecule has 0 aromatic rings. The Morgan fingerprint density at radius 2 is 1.71 bits per heavy atom. The van der Waals surface area contributed by atoms with E-state index in [0.717, 1.165) is 18.4 Å². The van der Waals surface area contributed by atoms with Crippen molar-refractivity contribution >= 4 is 11.8 Å². The lowest BCUT2D eigenvalue weighted by Gasteiger charge is -2.34. The summed E-state index contributed by atoms with van der Waals surface area (Å²) in [7, 11) is 0. The van der Waals surface area contributed by atoms with Crippen LogP contribution in [0.4, 0.5) is 0 Å². The monoisotopic (exact) mass is 292 g/mol. The third-order valence-corrected chi connectivity index (χ3v) is 5.22. The Kier molecular flexibility index (Phi) is 3.74. The molecule has 2 aliphatic carbocycles. The van der Waals surface area contributed by atoms with Crippen LogP contribution in [0.15, 0.2) is 0 Å². The maximum atomic E-state index is 12.9. The lowest BCUT2D eigenvalue weighted by Crippen LogP contribution is -2.52. The van der Waals surface area contributed by atoms with Gasteiger partial charge in [0, 0.05) is 19.5 Å². The van der Waals surface area contributed by atoms with Crippen molar-refractivity contribution < 1.29 is 9.59 Å². The Bertz CT molecular complexity index is 421. The maximum Gasteiger partial charge on any atom is 0.245 e. The Morgan fingerprint density at radius 3 is 2.19 bits per heavy atom. The number of carbonyl (C=O) groups is 2. The first-order chi connectivity index (χ1) is 9.86. The molecule has 4 heteroatoms. The van der Waals surface area contributed by atoms with Crippen LogP contribution < -0.4 is 5.32 Å². The molecular formula is C17H28N2O2. The average Bonchev–Trinajstić information content (AvgIpc) is 3.25. The molecule has 1 atom stereocenters. The lowest BCUT2D eigenvalue weighted by atomic mass is 9.85. The molecule has 1 unspecified atom stereocenters. The minimum Gasteiger partial charge on any atom is -0.344 e. The smallest absolute Gasteiger partial charge is 0.245 e. The number of nitrogens with one attached hydrogen (secondary N) is 1. The predicted octanol–water partition coefficient (Wildman–Crippen LogP) is 2.19. The highest BCUT2D eigenvalue weighted by Gasteiger charge is 2.44.